The summed E-state index contributed by atoms with van der Waals surface area (Å²) in [6, 6.07) is 1.78. The van der Waals surface area contributed by atoms with Crippen LogP contribution in [-0.2, 0) is 9.59 Å². The van der Waals surface area contributed by atoms with Gasteiger partial charge in [0.15, 0.2) is 0 Å². The maximum Gasteiger partial charge on any atom is 0.328 e. The molecule has 1 heterocycles. The summed E-state index contributed by atoms with van der Waals surface area (Å²) in [7, 11) is 0. The van der Waals surface area contributed by atoms with Gasteiger partial charge in [-0.1, -0.05) is 0 Å². The van der Waals surface area contributed by atoms with Gasteiger partial charge in [-0.25, -0.2) is 14.8 Å². The highest BCUT2D eigenvalue weighted by molar-refractivity contribution is 5.92. The lowest BCUT2D eigenvalue weighted by Gasteiger charge is -1.75. The fraction of sp³-hybridized carbons (Fsp3) is 0. The van der Waals surface area contributed by atoms with Crippen LogP contribution in [0, 0.1) is 0 Å². The minimum absolute atomic E-state index is 0.683. The molecule has 6 heteroatoms. The molecule has 0 bridgehead atoms. The van der Waals surface area contributed by atoms with E-state index in [1.54, 1.807) is 18.5 Å². The van der Waals surface area contributed by atoms with Crippen molar-refractivity contribution in [3.63, 3.8) is 0 Å². The summed E-state index contributed by atoms with van der Waals surface area (Å²) in [5, 5.41) is 7.87. The van der Waals surface area contributed by atoms with Crippen molar-refractivity contribution in [3.8, 4) is 0 Å². The molecule has 0 saturated carbocycles. The summed E-state index contributed by atoms with van der Waals surface area (Å²) in [5.41, 5.74) is 4.55. The van der Waals surface area contributed by atoms with Crippen LogP contribution in [0.5, 0.6) is 0 Å². The van der Waals surface area contributed by atoms with Gasteiger partial charge in [-0.2, -0.15) is 0 Å². The third kappa shape index (κ3) is 9.76. The van der Waals surface area contributed by atoms with E-state index in [-0.39, 0.29) is 0 Å². The van der Waals surface area contributed by atoms with E-state index in [9.17, 15) is 9.59 Å². The van der Waals surface area contributed by atoms with Gasteiger partial charge < -0.3 is 10.8 Å². The summed E-state index contributed by atoms with van der Waals surface area (Å²) in [6.45, 7) is 0. The second-order valence-corrected chi connectivity index (χ2v) is 1.98. The van der Waals surface area contributed by atoms with Crippen molar-refractivity contribution in [1.82, 2.24) is 9.97 Å². The van der Waals surface area contributed by atoms with Gasteiger partial charge >= 0.3 is 5.97 Å². The predicted octanol–water partition coefficient (Wildman–Crippen LogP) is -0.411. The van der Waals surface area contributed by atoms with Gasteiger partial charge in [0.1, 0.15) is 6.33 Å². The molecular formula is C8H9N3O3. The Bertz CT molecular complexity index is 268. The molecule has 74 valence electrons. The third-order valence-electron chi connectivity index (χ3n) is 0.868. The van der Waals surface area contributed by atoms with Gasteiger partial charge in [-0.05, 0) is 6.07 Å². The first-order valence-electron chi connectivity index (χ1n) is 3.53. The average Bonchev–Trinajstić information content (AvgIpc) is 2.18. The highest BCUT2D eigenvalue weighted by Gasteiger charge is 1.86. The van der Waals surface area contributed by atoms with Crippen molar-refractivity contribution in [2.24, 2.45) is 5.73 Å². The van der Waals surface area contributed by atoms with Crippen LogP contribution in [0.25, 0.3) is 0 Å². The van der Waals surface area contributed by atoms with E-state index in [4.69, 9.17) is 5.11 Å². The van der Waals surface area contributed by atoms with Crippen molar-refractivity contribution >= 4 is 11.9 Å². The Hall–Kier alpha value is -2.24. The molecule has 0 atom stereocenters. The summed E-state index contributed by atoms with van der Waals surface area (Å²) in [6.07, 6.45) is 6.34. The number of nitrogens with two attached hydrogens (primary N) is 1. The molecule has 6 nitrogen and oxygen atoms in total. The van der Waals surface area contributed by atoms with E-state index >= 15 is 0 Å². The number of carbonyl (C=O) groups is 2. The van der Waals surface area contributed by atoms with Gasteiger partial charge in [-0.3, -0.25) is 4.79 Å². The molecule has 1 amide bonds. The molecule has 0 unspecified atom stereocenters. The zero-order chi connectivity index (χ0) is 10.8. The zero-order valence-electron chi connectivity index (χ0n) is 7.20. The lowest BCUT2D eigenvalue weighted by molar-refractivity contribution is -0.131. The highest BCUT2D eigenvalue weighted by Crippen LogP contribution is 1.68. The number of carboxylic acids is 1. The minimum Gasteiger partial charge on any atom is -0.478 e. The maximum atomic E-state index is 9.78. The number of aromatic nitrogens is 2. The number of primary amides is 1. The topological polar surface area (TPSA) is 106 Å². The Labute approximate surface area is 80.1 Å². The van der Waals surface area contributed by atoms with Crippen LogP contribution in [0.2, 0.25) is 0 Å². The number of carboxylic acid groups (broad SMARTS) is 1. The average molecular weight is 195 g/mol. The second-order valence-electron chi connectivity index (χ2n) is 1.98. The molecule has 3 N–H and O–H groups in total. The second kappa shape index (κ2) is 7.41. The fourth-order valence-corrected chi connectivity index (χ4v) is 0.407. The molecule has 0 saturated heterocycles. The lowest BCUT2D eigenvalue weighted by atomic mass is 10.5. The predicted molar refractivity (Wildman–Crippen MR) is 48.0 cm³/mol. The summed E-state index contributed by atoms with van der Waals surface area (Å²) in [5.74, 6) is -1.93. The van der Waals surface area contributed by atoms with E-state index in [0.29, 0.717) is 6.08 Å². The summed E-state index contributed by atoms with van der Waals surface area (Å²) >= 11 is 0. The van der Waals surface area contributed by atoms with Crippen LogP contribution in [0.4, 0.5) is 0 Å². The van der Waals surface area contributed by atoms with Gasteiger partial charge in [0, 0.05) is 24.5 Å². The Morgan fingerprint density at radius 3 is 1.93 bits per heavy atom. The number of nitrogens with zero attached hydrogens (tertiary/aromatic N) is 2. The zero-order valence-corrected chi connectivity index (χ0v) is 7.20. The van der Waals surface area contributed by atoms with Crippen LogP contribution in [-0.4, -0.2) is 27.0 Å². The SMILES string of the molecule is NC(=O)/C=C\C(=O)O.c1cncnc1. The first-order chi connectivity index (χ1) is 6.63. The maximum absolute atomic E-state index is 9.78. The molecule has 0 aliphatic heterocycles. The number of hydrogen-bond donors (Lipinski definition) is 2. The molecule has 0 radical (unpaired) electrons. The minimum atomic E-state index is -1.18. The molecule has 1 rings (SSSR count). The standard InChI is InChI=1S/C4H4N2.C4H5NO3/c1-2-5-4-6-3-1;5-3(6)1-2-4(7)8/h1-4H;1-2H,(H2,5,6)(H,7,8)/b;2-1-. The number of amides is 1. The van der Waals surface area contributed by atoms with Gasteiger partial charge in [0.25, 0.3) is 0 Å². The first-order valence-corrected chi connectivity index (χ1v) is 3.53. The van der Waals surface area contributed by atoms with Crippen LogP contribution >= 0.6 is 0 Å². The first kappa shape index (κ1) is 11.8. The molecule has 1 aromatic heterocycles. The Balaban J connectivity index is 0.000000249. The van der Waals surface area contributed by atoms with E-state index < -0.39 is 11.9 Å². The molecule has 14 heavy (non-hydrogen) atoms. The lowest BCUT2D eigenvalue weighted by Crippen LogP contribution is -2.06. The molecular weight excluding hydrogens is 186 g/mol. The van der Waals surface area contributed by atoms with Crippen LogP contribution < -0.4 is 5.73 Å². The van der Waals surface area contributed by atoms with Crippen LogP contribution in [0.1, 0.15) is 0 Å². The molecule has 0 aliphatic rings. The van der Waals surface area contributed by atoms with Crippen molar-refractivity contribution in [3.05, 3.63) is 36.9 Å². The number of rotatable bonds is 2. The van der Waals surface area contributed by atoms with Crippen molar-refractivity contribution in [2.75, 3.05) is 0 Å². The van der Waals surface area contributed by atoms with E-state index in [0.717, 1.165) is 6.08 Å². The van der Waals surface area contributed by atoms with E-state index in [1.807, 2.05) is 0 Å². The molecule has 0 fully saturated rings. The molecule has 0 aliphatic carbocycles. The molecule has 1 aromatic rings. The van der Waals surface area contributed by atoms with Crippen LogP contribution in [0.3, 0.4) is 0 Å². The quantitative estimate of drug-likeness (QED) is 0.624. The van der Waals surface area contributed by atoms with Gasteiger partial charge in [0.2, 0.25) is 5.91 Å². The Kier molecular flexibility index (Phi) is 6.23. The smallest absolute Gasteiger partial charge is 0.328 e. The Morgan fingerprint density at radius 2 is 1.79 bits per heavy atom. The molecule has 0 spiro atoms. The number of hydrogen-bond acceptors (Lipinski definition) is 4. The normalized spacial score (nSPS) is 8.86. The molecule has 0 aromatic carbocycles. The van der Waals surface area contributed by atoms with E-state index in [1.165, 1.54) is 6.33 Å². The van der Waals surface area contributed by atoms with Crippen molar-refractivity contribution in [2.45, 2.75) is 0 Å². The van der Waals surface area contributed by atoms with Gasteiger partial charge in [0.05, 0.1) is 0 Å². The van der Waals surface area contributed by atoms with Gasteiger partial charge in [-0.15, -0.1) is 0 Å². The number of aliphatic carboxylic acids is 1. The fourth-order valence-electron chi connectivity index (χ4n) is 0.407. The Morgan fingerprint density at radius 1 is 1.21 bits per heavy atom. The summed E-state index contributed by atoms with van der Waals surface area (Å²) in [4.78, 5) is 26.7. The van der Waals surface area contributed by atoms with E-state index in [2.05, 4.69) is 15.7 Å². The van der Waals surface area contributed by atoms with Crippen molar-refractivity contribution in [1.29, 1.82) is 0 Å². The third-order valence-corrected chi connectivity index (χ3v) is 0.868. The number of carbonyl (C=O) groups excluding carboxylic acids is 1. The highest BCUT2D eigenvalue weighted by atomic mass is 16.4. The largest absolute Gasteiger partial charge is 0.478 e. The van der Waals surface area contributed by atoms with Crippen LogP contribution in [0.15, 0.2) is 36.9 Å². The summed E-state index contributed by atoms with van der Waals surface area (Å²) < 4.78 is 0. The van der Waals surface area contributed by atoms with Crippen molar-refractivity contribution < 1.29 is 14.7 Å². The monoisotopic (exact) mass is 195 g/mol.